The molecule has 1 atom stereocenters. The van der Waals surface area contributed by atoms with Crippen LogP contribution in [0.1, 0.15) is 12.5 Å². The number of aryl methyl sites for hydroxylation is 1. The van der Waals surface area contributed by atoms with E-state index >= 15 is 0 Å². The van der Waals surface area contributed by atoms with Gasteiger partial charge in [-0.15, -0.1) is 0 Å². The Balaban J connectivity index is 1.99. The standard InChI is InChI=1S/C19H22Cl2N2O4S/c1-13-4-7-16(8-5-13)27-12-14(2)22-19(24)11-23(28(3,25)26)15-6-9-17(20)18(21)10-15/h4-10,14H,11-12H2,1-3H3,(H,22,24). The SMILES string of the molecule is Cc1ccc(OCC(C)NC(=O)CN(c2ccc(Cl)c(Cl)c2)S(C)(=O)=O)cc1. The van der Waals surface area contributed by atoms with Crippen LogP contribution in [0.15, 0.2) is 42.5 Å². The van der Waals surface area contributed by atoms with Crippen molar-refractivity contribution < 1.29 is 17.9 Å². The average Bonchev–Trinajstić information content (AvgIpc) is 2.61. The van der Waals surface area contributed by atoms with E-state index in [1.807, 2.05) is 31.2 Å². The predicted molar refractivity (Wildman–Crippen MR) is 113 cm³/mol. The smallest absolute Gasteiger partial charge is 0.241 e. The van der Waals surface area contributed by atoms with Crippen LogP contribution in [-0.2, 0) is 14.8 Å². The van der Waals surface area contributed by atoms with Crippen LogP contribution in [-0.4, -0.2) is 39.8 Å². The topological polar surface area (TPSA) is 75.7 Å². The molecular weight excluding hydrogens is 423 g/mol. The highest BCUT2D eigenvalue weighted by molar-refractivity contribution is 7.92. The molecule has 0 aromatic heterocycles. The Hall–Kier alpha value is -1.96. The molecule has 6 nitrogen and oxygen atoms in total. The monoisotopic (exact) mass is 444 g/mol. The van der Waals surface area contributed by atoms with Gasteiger partial charge in [0.05, 0.1) is 28.0 Å². The van der Waals surface area contributed by atoms with Gasteiger partial charge < -0.3 is 10.1 Å². The molecule has 152 valence electrons. The summed E-state index contributed by atoms with van der Waals surface area (Å²) in [4.78, 5) is 12.4. The van der Waals surface area contributed by atoms with E-state index in [1.54, 1.807) is 6.92 Å². The molecule has 1 amide bonds. The summed E-state index contributed by atoms with van der Waals surface area (Å²) < 4.78 is 30.9. The van der Waals surface area contributed by atoms with E-state index in [2.05, 4.69) is 5.32 Å². The molecule has 0 aliphatic carbocycles. The molecule has 9 heteroatoms. The number of carbonyl (C=O) groups is 1. The van der Waals surface area contributed by atoms with Gasteiger partial charge in [0.15, 0.2) is 0 Å². The fraction of sp³-hybridized carbons (Fsp3) is 0.316. The van der Waals surface area contributed by atoms with Gasteiger partial charge in [-0.25, -0.2) is 8.42 Å². The average molecular weight is 445 g/mol. The molecule has 0 saturated heterocycles. The van der Waals surface area contributed by atoms with Crippen LogP contribution in [0.25, 0.3) is 0 Å². The van der Waals surface area contributed by atoms with Crippen molar-refractivity contribution >= 4 is 44.8 Å². The number of ether oxygens (including phenoxy) is 1. The second-order valence-corrected chi connectivity index (χ2v) is 9.18. The van der Waals surface area contributed by atoms with E-state index in [0.717, 1.165) is 16.1 Å². The minimum atomic E-state index is -3.70. The van der Waals surface area contributed by atoms with Crippen LogP contribution in [0.3, 0.4) is 0 Å². The Morgan fingerprint density at radius 3 is 2.36 bits per heavy atom. The first-order chi connectivity index (χ1) is 13.1. The number of sulfonamides is 1. The van der Waals surface area contributed by atoms with E-state index in [0.29, 0.717) is 10.8 Å². The zero-order valence-electron chi connectivity index (χ0n) is 15.8. The molecule has 1 unspecified atom stereocenters. The van der Waals surface area contributed by atoms with Crippen molar-refractivity contribution in [1.82, 2.24) is 5.32 Å². The Bertz CT molecular complexity index is 933. The van der Waals surface area contributed by atoms with Gasteiger partial charge in [-0.2, -0.15) is 0 Å². The van der Waals surface area contributed by atoms with Gasteiger partial charge in [-0.05, 0) is 44.2 Å². The number of hydrogen-bond donors (Lipinski definition) is 1. The Kier molecular flexibility index (Phi) is 7.57. The molecule has 0 saturated carbocycles. The maximum atomic E-state index is 12.4. The van der Waals surface area contributed by atoms with Gasteiger partial charge in [0.25, 0.3) is 0 Å². The molecule has 0 spiro atoms. The minimum Gasteiger partial charge on any atom is -0.491 e. The predicted octanol–water partition coefficient (Wildman–Crippen LogP) is 3.65. The Morgan fingerprint density at radius 2 is 1.79 bits per heavy atom. The number of nitrogens with one attached hydrogen (secondary N) is 1. The van der Waals surface area contributed by atoms with Crippen LogP contribution in [0.4, 0.5) is 5.69 Å². The van der Waals surface area contributed by atoms with Gasteiger partial charge in [-0.1, -0.05) is 40.9 Å². The second-order valence-electron chi connectivity index (χ2n) is 6.46. The molecule has 0 fully saturated rings. The summed E-state index contributed by atoms with van der Waals surface area (Å²) in [6.07, 6.45) is 1.02. The highest BCUT2D eigenvalue weighted by Gasteiger charge is 2.22. The molecule has 0 radical (unpaired) electrons. The molecule has 2 aromatic carbocycles. The van der Waals surface area contributed by atoms with Crippen molar-refractivity contribution in [3.8, 4) is 5.75 Å². The first-order valence-corrected chi connectivity index (χ1v) is 11.1. The zero-order valence-corrected chi connectivity index (χ0v) is 18.1. The number of hydrogen-bond acceptors (Lipinski definition) is 4. The summed E-state index contributed by atoms with van der Waals surface area (Å²) in [7, 11) is -3.70. The molecule has 0 aliphatic rings. The van der Waals surface area contributed by atoms with Gasteiger partial charge >= 0.3 is 0 Å². The fourth-order valence-electron chi connectivity index (χ4n) is 2.39. The largest absolute Gasteiger partial charge is 0.491 e. The minimum absolute atomic E-state index is 0.202. The fourth-order valence-corrected chi connectivity index (χ4v) is 3.53. The zero-order chi connectivity index (χ0) is 20.9. The van der Waals surface area contributed by atoms with E-state index in [4.69, 9.17) is 27.9 Å². The summed E-state index contributed by atoms with van der Waals surface area (Å²) in [5.74, 6) is 0.233. The number of carbonyl (C=O) groups excluding carboxylic acids is 1. The highest BCUT2D eigenvalue weighted by atomic mass is 35.5. The number of halogens is 2. The normalized spacial score (nSPS) is 12.3. The summed E-state index contributed by atoms with van der Waals surface area (Å²) in [6, 6.07) is 11.6. The number of anilines is 1. The van der Waals surface area contributed by atoms with Crippen LogP contribution in [0.2, 0.25) is 10.0 Å². The molecule has 0 heterocycles. The lowest BCUT2D eigenvalue weighted by molar-refractivity contribution is -0.120. The first-order valence-electron chi connectivity index (χ1n) is 8.48. The quantitative estimate of drug-likeness (QED) is 0.673. The van der Waals surface area contributed by atoms with Crippen molar-refractivity contribution in [3.05, 3.63) is 58.1 Å². The number of benzene rings is 2. The lowest BCUT2D eigenvalue weighted by Crippen LogP contribution is -2.44. The summed E-state index contributed by atoms with van der Waals surface area (Å²) >= 11 is 11.8. The first kappa shape index (κ1) is 22.3. The number of amides is 1. The Morgan fingerprint density at radius 1 is 1.14 bits per heavy atom. The summed E-state index contributed by atoms with van der Waals surface area (Å²) in [5.41, 5.74) is 1.38. The number of rotatable bonds is 8. The summed E-state index contributed by atoms with van der Waals surface area (Å²) in [6.45, 7) is 3.62. The maximum Gasteiger partial charge on any atom is 0.241 e. The third-order valence-corrected chi connectivity index (χ3v) is 5.69. The van der Waals surface area contributed by atoms with E-state index < -0.39 is 15.9 Å². The molecule has 2 aromatic rings. The Labute approximate surface area is 175 Å². The van der Waals surface area contributed by atoms with Crippen molar-refractivity contribution in [1.29, 1.82) is 0 Å². The molecule has 1 N–H and O–H groups in total. The molecule has 0 bridgehead atoms. The molecule has 0 aliphatic heterocycles. The third kappa shape index (κ3) is 6.58. The molecule has 28 heavy (non-hydrogen) atoms. The van der Waals surface area contributed by atoms with Gasteiger partial charge in [-0.3, -0.25) is 9.10 Å². The van der Waals surface area contributed by atoms with Crippen LogP contribution in [0.5, 0.6) is 5.75 Å². The van der Waals surface area contributed by atoms with Crippen LogP contribution >= 0.6 is 23.2 Å². The van der Waals surface area contributed by atoms with Gasteiger partial charge in [0.2, 0.25) is 15.9 Å². The van der Waals surface area contributed by atoms with Crippen molar-refractivity contribution in [2.75, 3.05) is 23.7 Å². The third-order valence-electron chi connectivity index (χ3n) is 3.81. The van der Waals surface area contributed by atoms with Crippen molar-refractivity contribution in [3.63, 3.8) is 0 Å². The molecular formula is C19H22Cl2N2O4S. The van der Waals surface area contributed by atoms with Gasteiger partial charge in [0.1, 0.15) is 18.9 Å². The second kappa shape index (κ2) is 9.49. The summed E-state index contributed by atoms with van der Waals surface area (Å²) in [5, 5.41) is 3.23. The lowest BCUT2D eigenvalue weighted by atomic mass is 10.2. The van der Waals surface area contributed by atoms with E-state index in [1.165, 1.54) is 18.2 Å². The van der Waals surface area contributed by atoms with Crippen molar-refractivity contribution in [2.24, 2.45) is 0 Å². The molecule has 2 rings (SSSR count). The van der Waals surface area contributed by atoms with E-state index in [9.17, 15) is 13.2 Å². The van der Waals surface area contributed by atoms with E-state index in [-0.39, 0.29) is 29.9 Å². The highest BCUT2D eigenvalue weighted by Crippen LogP contribution is 2.28. The van der Waals surface area contributed by atoms with Crippen LogP contribution < -0.4 is 14.4 Å². The maximum absolute atomic E-state index is 12.4. The van der Waals surface area contributed by atoms with Crippen LogP contribution in [0, 0.1) is 6.92 Å². The lowest BCUT2D eigenvalue weighted by Gasteiger charge is -2.23. The van der Waals surface area contributed by atoms with Crippen molar-refractivity contribution in [2.45, 2.75) is 19.9 Å². The number of nitrogens with zero attached hydrogens (tertiary/aromatic N) is 1. The van der Waals surface area contributed by atoms with Gasteiger partial charge in [0, 0.05) is 0 Å².